The van der Waals surface area contributed by atoms with Crippen LogP contribution in [0.1, 0.15) is 18.1 Å². The van der Waals surface area contributed by atoms with Crippen LogP contribution < -0.4 is 21.5 Å². The van der Waals surface area contributed by atoms with Crippen LogP contribution in [-0.4, -0.2) is 23.6 Å². The maximum atomic E-state index is 6.06. The number of rotatable bonds is 3. The Morgan fingerprint density at radius 2 is 1.95 bits per heavy atom. The van der Waals surface area contributed by atoms with E-state index in [0.717, 1.165) is 30.1 Å². The van der Waals surface area contributed by atoms with Crippen LogP contribution in [0.25, 0.3) is 0 Å². The molecule has 110 valence electrons. The van der Waals surface area contributed by atoms with Crippen LogP contribution >= 0.6 is 0 Å². The summed E-state index contributed by atoms with van der Waals surface area (Å²) < 4.78 is 5.19. The molecule has 0 aliphatic carbocycles. The lowest BCUT2D eigenvalue weighted by Gasteiger charge is -2.24. The van der Waals surface area contributed by atoms with Crippen LogP contribution in [0.4, 0.5) is 17.6 Å². The molecule has 1 aromatic carbocycles. The van der Waals surface area contributed by atoms with Crippen molar-refractivity contribution in [2.45, 2.75) is 18.8 Å². The summed E-state index contributed by atoms with van der Waals surface area (Å²) >= 11 is 0. The average molecular weight is 285 g/mol. The predicted molar refractivity (Wildman–Crippen MR) is 83.4 cm³/mol. The monoisotopic (exact) mass is 285 g/mol. The Balaban J connectivity index is 1.93. The number of anilines is 3. The van der Waals surface area contributed by atoms with Gasteiger partial charge in [0.2, 0.25) is 5.95 Å². The lowest BCUT2D eigenvalue weighted by atomic mass is 9.79. The summed E-state index contributed by atoms with van der Waals surface area (Å²) in [6.07, 6.45) is 0.842. The van der Waals surface area contributed by atoms with Gasteiger partial charge in [-0.2, -0.15) is 9.97 Å². The molecule has 0 spiro atoms. The van der Waals surface area contributed by atoms with Gasteiger partial charge in [0.15, 0.2) is 0 Å². The normalized spacial score (nSPS) is 19.9. The molecule has 0 fully saturated rings. The van der Waals surface area contributed by atoms with Crippen molar-refractivity contribution in [2.24, 2.45) is 0 Å². The summed E-state index contributed by atoms with van der Waals surface area (Å²) in [5.74, 6) is 2.26. The number of aromatic nitrogens is 2. The molecule has 0 saturated carbocycles. The van der Waals surface area contributed by atoms with Crippen LogP contribution in [0.5, 0.6) is 5.75 Å². The van der Waals surface area contributed by atoms with Gasteiger partial charge in [-0.3, -0.25) is 0 Å². The molecule has 1 aliphatic rings. The number of hydrogen-bond donors (Lipinski definition) is 3. The molecule has 0 saturated heterocycles. The first-order valence-electron chi connectivity index (χ1n) is 6.82. The van der Waals surface area contributed by atoms with Gasteiger partial charge in [-0.1, -0.05) is 19.1 Å². The van der Waals surface area contributed by atoms with Gasteiger partial charge in [-0.25, -0.2) is 0 Å². The van der Waals surface area contributed by atoms with Crippen molar-refractivity contribution in [3.05, 3.63) is 35.4 Å². The van der Waals surface area contributed by atoms with Gasteiger partial charge in [-0.15, -0.1) is 0 Å². The summed E-state index contributed by atoms with van der Waals surface area (Å²) in [5, 5.41) is 3.28. The zero-order valence-corrected chi connectivity index (χ0v) is 12.2. The fraction of sp³-hybridized carbons (Fsp3) is 0.333. The highest BCUT2D eigenvalue weighted by molar-refractivity contribution is 5.66. The topological polar surface area (TPSA) is 99.1 Å². The van der Waals surface area contributed by atoms with E-state index in [1.807, 2.05) is 12.1 Å². The van der Waals surface area contributed by atoms with Crippen molar-refractivity contribution in [1.29, 1.82) is 0 Å². The van der Waals surface area contributed by atoms with E-state index in [9.17, 15) is 0 Å². The molecule has 2 heterocycles. The highest BCUT2D eigenvalue weighted by Gasteiger charge is 2.38. The van der Waals surface area contributed by atoms with Crippen molar-refractivity contribution in [3.63, 3.8) is 0 Å². The van der Waals surface area contributed by atoms with Gasteiger partial charge in [0, 0.05) is 17.5 Å². The van der Waals surface area contributed by atoms with Gasteiger partial charge < -0.3 is 21.5 Å². The van der Waals surface area contributed by atoms with E-state index in [4.69, 9.17) is 16.2 Å². The third-order valence-electron chi connectivity index (χ3n) is 3.96. The second kappa shape index (κ2) is 4.80. The second-order valence-electron chi connectivity index (χ2n) is 5.63. The smallest absolute Gasteiger partial charge is 0.223 e. The molecule has 6 nitrogen and oxygen atoms in total. The van der Waals surface area contributed by atoms with Crippen LogP contribution in [0.15, 0.2) is 24.3 Å². The van der Waals surface area contributed by atoms with E-state index in [0.29, 0.717) is 5.82 Å². The number of benzene rings is 1. The van der Waals surface area contributed by atoms with Crippen molar-refractivity contribution < 1.29 is 4.74 Å². The molecule has 1 aromatic heterocycles. The fourth-order valence-corrected chi connectivity index (χ4v) is 2.93. The van der Waals surface area contributed by atoms with Crippen LogP contribution in [0.3, 0.4) is 0 Å². The van der Waals surface area contributed by atoms with Crippen molar-refractivity contribution in [2.75, 3.05) is 30.4 Å². The molecule has 2 aromatic rings. The van der Waals surface area contributed by atoms with E-state index < -0.39 is 0 Å². The number of fused-ring (bicyclic) bond motifs is 1. The fourth-order valence-electron chi connectivity index (χ4n) is 2.93. The highest BCUT2D eigenvalue weighted by Crippen LogP contribution is 2.41. The minimum absolute atomic E-state index is 0.151. The minimum Gasteiger partial charge on any atom is -0.497 e. The van der Waals surface area contributed by atoms with Crippen molar-refractivity contribution in [3.8, 4) is 5.75 Å². The molecule has 0 radical (unpaired) electrons. The summed E-state index contributed by atoms with van der Waals surface area (Å²) in [5.41, 5.74) is 13.7. The Hall–Kier alpha value is -2.50. The van der Waals surface area contributed by atoms with Gasteiger partial charge in [0.25, 0.3) is 0 Å². The lowest BCUT2D eigenvalue weighted by molar-refractivity contribution is 0.414. The Morgan fingerprint density at radius 3 is 2.62 bits per heavy atom. The number of nitrogen functional groups attached to an aromatic ring is 2. The Kier molecular flexibility index (Phi) is 3.08. The zero-order chi connectivity index (χ0) is 15.0. The predicted octanol–water partition coefficient (Wildman–Crippen LogP) is 1.58. The molecule has 3 rings (SSSR count). The van der Waals surface area contributed by atoms with E-state index in [1.54, 1.807) is 7.11 Å². The number of nitrogens with one attached hydrogen (secondary N) is 1. The van der Waals surface area contributed by atoms with Gasteiger partial charge in [0.1, 0.15) is 17.4 Å². The lowest BCUT2D eigenvalue weighted by Crippen LogP contribution is -2.28. The molecule has 21 heavy (non-hydrogen) atoms. The van der Waals surface area contributed by atoms with E-state index >= 15 is 0 Å². The van der Waals surface area contributed by atoms with Gasteiger partial charge in [0.05, 0.1) is 7.11 Å². The van der Waals surface area contributed by atoms with Crippen LogP contribution in [0, 0.1) is 0 Å². The maximum Gasteiger partial charge on any atom is 0.223 e. The van der Waals surface area contributed by atoms with E-state index in [1.165, 1.54) is 5.56 Å². The Bertz CT molecular complexity index is 671. The molecule has 0 bridgehead atoms. The Morgan fingerprint density at radius 1 is 1.24 bits per heavy atom. The number of ether oxygens (including phenoxy) is 1. The molecule has 1 aliphatic heterocycles. The van der Waals surface area contributed by atoms with Crippen LogP contribution in [0.2, 0.25) is 0 Å². The summed E-state index contributed by atoms with van der Waals surface area (Å²) in [7, 11) is 1.66. The first kappa shape index (κ1) is 13.5. The number of methoxy groups -OCH3 is 1. The van der Waals surface area contributed by atoms with Crippen molar-refractivity contribution in [1.82, 2.24) is 9.97 Å². The highest BCUT2D eigenvalue weighted by atomic mass is 16.5. The number of nitrogens with zero attached hydrogens (tertiary/aromatic N) is 2. The quantitative estimate of drug-likeness (QED) is 0.791. The average Bonchev–Trinajstić information content (AvgIpc) is 2.77. The zero-order valence-electron chi connectivity index (χ0n) is 12.2. The molecule has 0 amide bonds. The summed E-state index contributed by atoms with van der Waals surface area (Å²) in [6, 6.07) is 8.06. The molecule has 6 heteroatoms. The molecule has 1 atom stereocenters. The first-order chi connectivity index (χ1) is 10.0. The maximum absolute atomic E-state index is 6.06. The SMILES string of the molecule is COc1ccc(CC2(C)CNc3nc(N)nc(N)c32)cc1. The van der Waals surface area contributed by atoms with E-state index in [2.05, 4.69) is 34.3 Å². The van der Waals surface area contributed by atoms with Crippen molar-refractivity contribution >= 4 is 17.6 Å². The van der Waals surface area contributed by atoms with E-state index in [-0.39, 0.29) is 11.4 Å². The summed E-state index contributed by atoms with van der Waals surface area (Å²) in [4.78, 5) is 8.33. The Labute approximate surface area is 123 Å². The van der Waals surface area contributed by atoms with Gasteiger partial charge in [-0.05, 0) is 24.1 Å². The largest absolute Gasteiger partial charge is 0.497 e. The first-order valence-corrected chi connectivity index (χ1v) is 6.82. The van der Waals surface area contributed by atoms with Crippen LogP contribution in [-0.2, 0) is 11.8 Å². The minimum atomic E-state index is -0.151. The summed E-state index contributed by atoms with van der Waals surface area (Å²) in [6.45, 7) is 2.92. The molecule has 5 N–H and O–H groups in total. The molecule has 1 unspecified atom stereocenters. The molecular formula is C15H19N5O. The standard InChI is InChI=1S/C15H19N5O/c1-15(7-9-3-5-10(21-2)6-4-9)8-18-13-11(15)12(16)19-14(17)20-13/h3-6H,7-8H2,1-2H3,(H5,16,17,18,19,20). The third-order valence-corrected chi connectivity index (χ3v) is 3.96. The number of hydrogen-bond acceptors (Lipinski definition) is 6. The molecular weight excluding hydrogens is 266 g/mol. The van der Waals surface area contributed by atoms with Gasteiger partial charge >= 0.3 is 0 Å². The number of nitrogens with two attached hydrogens (primary N) is 2. The second-order valence-corrected chi connectivity index (χ2v) is 5.63. The third kappa shape index (κ3) is 2.33.